The summed E-state index contributed by atoms with van der Waals surface area (Å²) < 4.78 is 0.949. The van der Waals surface area contributed by atoms with Crippen LogP contribution in [-0.4, -0.2) is 18.1 Å². The summed E-state index contributed by atoms with van der Waals surface area (Å²) in [5, 5.41) is 3.68. The zero-order valence-electron chi connectivity index (χ0n) is 10.3. The molecule has 0 spiro atoms. The molecule has 1 aromatic heterocycles. The summed E-state index contributed by atoms with van der Waals surface area (Å²) in [5.74, 6) is 2.50. The number of hydrogen-bond acceptors (Lipinski definition) is 3. The quantitative estimate of drug-likeness (QED) is 0.773. The molecule has 1 nitrogen and oxygen atoms in total. The van der Waals surface area contributed by atoms with E-state index in [2.05, 4.69) is 18.3 Å². The molecule has 1 heterocycles. The fourth-order valence-corrected chi connectivity index (χ4v) is 4.35. The van der Waals surface area contributed by atoms with Crippen molar-refractivity contribution in [3.63, 3.8) is 0 Å². The summed E-state index contributed by atoms with van der Waals surface area (Å²) in [6.45, 7) is 3.35. The van der Waals surface area contributed by atoms with Gasteiger partial charge in [-0.2, -0.15) is 11.8 Å². The predicted molar refractivity (Wildman–Crippen MR) is 80.6 cm³/mol. The molecule has 1 aromatic rings. The summed E-state index contributed by atoms with van der Waals surface area (Å²) in [6, 6.07) is 2.72. The van der Waals surface area contributed by atoms with Crippen molar-refractivity contribution in [1.29, 1.82) is 0 Å². The van der Waals surface area contributed by atoms with E-state index in [9.17, 15) is 0 Å². The number of hydrogen-bond donors (Lipinski definition) is 1. The average molecular weight is 290 g/mol. The second-order valence-electron chi connectivity index (χ2n) is 4.38. The standard InChI is InChI=1S/C13H20ClNS2/c1-2-16-8-4-7-15-11-5-3-6-12-10(11)9-13(14)17-12/h9,11,15H,2-8H2,1H3. The number of fused-ring (bicyclic) bond motifs is 1. The lowest BCUT2D eigenvalue weighted by Crippen LogP contribution is -2.25. The highest BCUT2D eigenvalue weighted by Crippen LogP contribution is 2.37. The number of thioether (sulfide) groups is 1. The van der Waals surface area contributed by atoms with Gasteiger partial charge in [-0.1, -0.05) is 18.5 Å². The van der Waals surface area contributed by atoms with Crippen LogP contribution >= 0.6 is 34.7 Å². The Labute approximate surface area is 117 Å². The van der Waals surface area contributed by atoms with Crippen molar-refractivity contribution in [3.8, 4) is 0 Å². The molecule has 1 N–H and O–H groups in total. The molecular weight excluding hydrogens is 270 g/mol. The topological polar surface area (TPSA) is 12.0 Å². The smallest absolute Gasteiger partial charge is 0.0934 e. The molecule has 0 amide bonds. The highest BCUT2D eigenvalue weighted by molar-refractivity contribution is 7.99. The molecule has 0 saturated heterocycles. The van der Waals surface area contributed by atoms with Gasteiger partial charge in [-0.05, 0) is 55.4 Å². The van der Waals surface area contributed by atoms with Crippen LogP contribution in [0.25, 0.3) is 0 Å². The van der Waals surface area contributed by atoms with E-state index in [1.54, 1.807) is 11.3 Å². The van der Waals surface area contributed by atoms with Gasteiger partial charge in [0.1, 0.15) is 0 Å². The number of nitrogens with one attached hydrogen (secondary N) is 1. The molecule has 96 valence electrons. The lowest BCUT2D eigenvalue weighted by Gasteiger charge is -2.23. The van der Waals surface area contributed by atoms with Gasteiger partial charge in [0, 0.05) is 10.9 Å². The van der Waals surface area contributed by atoms with E-state index in [1.807, 2.05) is 11.8 Å². The Hall–Kier alpha value is 0.300. The summed E-state index contributed by atoms with van der Waals surface area (Å²) in [4.78, 5) is 1.50. The molecule has 1 atom stereocenters. The van der Waals surface area contributed by atoms with Gasteiger partial charge in [0.15, 0.2) is 0 Å². The van der Waals surface area contributed by atoms with E-state index in [0.29, 0.717) is 6.04 Å². The largest absolute Gasteiger partial charge is 0.310 e. The van der Waals surface area contributed by atoms with Crippen molar-refractivity contribution >= 4 is 34.7 Å². The minimum absolute atomic E-state index is 0.550. The number of aryl methyl sites for hydroxylation is 1. The fourth-order valence-electron chi connectivity index (χ4n) is 2.33. The Bertz CT molecular complexity index is 351. The molecular formula is C13H20ClNS2. The van der Waals surface area contributed by atoms with Crippen molar-refractivity contribution in [2.45, 2.75) is 38.6 Å². The van der Waals surface area contributed by atoms with Crippen LogP contribution in [0.1, 0.15) is 42.7 Å². The SMILES string of the molecule is CCSCCCNC1CCCc2sc(Cl)cc21. The fraction of sp³-hybridized carbons (Fsp3) is 0.692. The van der Waals surface area contributed by atoms with Crippen LogP contribution in [0.4, 0.5) is 0 Å². The van der Waals surface area contributed by atoms with Crippen LogP contribution in [0.5, 0.6) is 0 Å². The molecule has 0 saturated carbocycles. The van der Waals surface area contributed by atoms with Crippen molar-refractivity contribution < 1.29 is 0 Å². The zero-order valence-corrected chi connectivity index (χ0v) is 12.7. The Balaban J connectivity index is 1.82. The van der Waals surface area contributed by atoms with Gasteiger partial charge in [0.05, 0.1) is 4.34 Å². The summed E-state index contributed by atoms with van der Waals surface area (Å²) >= 11 is 9.89. The molecule has 0 radical (unpaired) electrons. The minimum Gasteiger partial charge on any atom is -0.310 e. The van der Waals surface area contributed by atoms with Crippen molar-refractivity contribution in [3.05, 3.63) is 20.8 Å². The van der Waals surface area contributed by atoms with Gasteiger partial charge in [0.2, 0.25) is 0 Å². The van der Waals surface area contributed by atoms with Gasteiger partial charge in [0.25, 0.3) is 0 Å². The van der Waals surface area contributed by atoms with Crippen LogP contribution in [0.3, 0.4) is 0 Å². The Morgan fingerprint density at radius 2 is 2.47 bits per heavy atom. The summed E-state index contributed by atoms with van der Waals surface area (Å²) in [6.07, 6.45) is 5.05. The molecule has 17 heavy (non-hydrogen) atoms. The molecule has 0 bridgehead atoms. The third kappa shape index (κ3) is 3.88. The van der Waals surface area contributed by atoms with E-state index >= 15 is 0 Å². The first-order valence-corrected chi connectivity index (χ1v) is 8.75. The van der Waals surface area contributed by atoms with E-state index in [-0.39, 0.29) is 0 Å². The summed E-state index contributed by atoms with van der Waals surface area (Å²) in [7, 11) is 0. The second-order valence-corrected chi connectivity index (χ2v) is 7.54. The van der Waals surface area contributed by atoms with Crippen molar-refractivity contribution in [2.75, 3.05) is 18.1 Å². The number of thiophene rings is 1. The van der Waals surface area contributed by atoms with Crippen molar-refractivity contribution in [1.82, 2.24) is 5.32 Å². The summed E-state index contributed by atoms with van der Waals surface area (Å²) in [5.41, 5.74) is 1.47. The molecule has 1 unspecified atom stereocenters. The maximum Gasteiger partial charge on any atom is 0.0934 e. The van der Waals surface area contributed by atoms with Gasteiger partial charge in [-0.3, -0.25) is 0 Å². The zero-order chi connectivity index (χ0) is 12.1. The molecule has 0 aliphatic heterocycles. The first-order valence-electron chi connectivity index (χ1n) is 6.40. The number of rotatable bonds is 6. The lowest BCUT2D eigenvalue weighted by molar-refractivity contribution is 0.465. The maximum atomic E-state index is 6.11. The molecule has 2 rings (SSSR count). The predicted octanol–water partition coefficient (Wildman–Crippen LogP) is 4.51. The molecule has 0 fully saturated rings. The van der Waals surface area contributed by atoms with Crippen LogP contribution in [0.2, 0.25) is 4.34 Å². The van der Waals surface area contributed by atoms with Crippen LogP contribution in [0.15, 0.2) is 6.07 Å². The normalized spacial score (nSPS) is 19.3. The van der Waals surface area contributed by atoms with Crippen LogP contribution in [0, 0.1) is 0 Å². The third-order valence-corrected chi connectivity index (χ3v) is 5.47. The van der Waals surface area contributed by atoms with Crippen molar-refractivity contribution in [2.24, 2.45) is 0 Å². The maximum absolute atomic E-state index is 6.11. The van der Waals surface area contributed by atoms with Gasteiger partial charge in [-0.25, -0.2) is 0 Å². The number of halogens is 1. The molecule has 1 aliphatic carbocycles. The monoisotopic (exact) mass is 289 g/mol. The van der Waals surface area contributed by atoms with E-state index in [1.165, 1.54) is 47.6 Å². The van der Waals surface area contributed by atoms with E-state index < -0.39 is 0 Å². The molecule has 1 aliphatic rings. The van der Waals surface area contributed by atoms with E-state index in [4.69, 9.17) is 11.6 Å². The second kappa shape index (κ2) is 7.03. The van der Waals surface area contributed by atoms with E-state index in [0.717, 1.165) is 10.9 Å². The minimum atomic E-state index is 0.550. The average Bonchev–Trinajstić information content (AvgIpc) is 2.70. The van der Waals surface area contributed by atoms with Gasteiger partial charge in [-0.15, -0.1) is 11.3 Å². The highest BCUT2D eigenvalue weighted by Gasteiger charge is 2.21. The first-order chi connectivity index (χ1) is 8.31. The Morgan fingerprint density at radius 3 is 3.29 bits per heavy atom. The van der Waals surface area contributed by atoms with Gasteiger partial charge >= 0.3 is 0 Å². The molecule has 4 heteroatoms. The third-order valence-electron chi connectivity index (χ3n) is 3.14. The highest BCUT2D eigenvalue weighted by atomic mass is 35.5. The Morgan fingerprint density at radius 1 is 1.59 bits per heavy atom. The Kier molecular flexibility index (Phi) is 5.67. The molecule has 0 aromatic carbocycles. The first kappa shape index (κ1) is 13.7. The van der Waals surface area contributed by atoms with Crippen LogP contribution < -0.4 is 5.32 Å². The van der Waals surface area contributed by atoms with Crippen LogP contribution in [-0.2, 0) is 6.42 Å². The lowest BCUT2D eigenvalue weighted by atomic mass is 9.94. The van der Waals surface area contributed by atoms with Gasteiger partial charge < -0.3 is 5.32 Å².